The lowest BCUT2D eigenvalue weighted by Gasteiger charge is -2.07. The molecule has 0 saturated heterocycles. The summed E-state index contributed by atoms with van der Waals surface area (Å²) in [7, 11) is 0. The van der Waals surface area contributed by atoms with Crippen molar-refractivity contribution in [2.45, 2.75) is 19.7 Å². The van der Waals surface area contributed by atoms with Crippen LogP contribution < -0.4 is 0 Å². The van der Waals surface area contributed by atoms with E-state index in [1.54, 1.807) is 0 Å². The Bertz CT molecular complexity index is 403. The molecule has 1 N–H and O–H groups in total. The molecule has 0 aliphatic heterocycles. The van der Waals surface area contributed by atoms with E-state index in [4.69, 9.17) is 5.11 Å². The van der Waals surface area contributed by atoms with Crippen molar-refractivity contribution in [3.63, 3.8) is 0 Å². The molecule has 0 aromatic heterocycles. The van der Waals surface area contributed by atoms with Crippen LogP contribution in [0.4, 0.5) is 4.39 Å². The zero-order chi connectivity index (χ0) is 12.1. The van der Waals surface area contributed by atoms with Gasteiger partial charge >= 0.3 is 11.9 Å². The van der Waals surface area contributed by atoms with Gasteiger partial charge in [-0.25, -0.2) is 14.0 Å². The Morgan fingerprint density at radius 1 is 1.44 bits per heavy atom. The average Bonchev–Trinajstić information content (AvgIpc) is 2.28. The second kappa shape index (κ2) is 5.25. The topological polar surface area (TPSA) is 63.6 Å². The quantitative estimate of drug-likeness (QED) is 0.799. The monoisotopic (exact) mass is 226 g/mol. The zero-order valence-electron chi connectivity index (χ0n) is 8.64. The molecular weight excluding hydrogens is 215 g/mol. The van der Waals surface area contributed by atoms with Crippen molar-refractivity contribution in [2.24, 2.45) is 0 Å². The van der Waals surface area contributed by atoms with Crippen LogP contribution in [0, 0.1) is 0 Å². The maximum absolute atomic E-state index is 12.8. The van der Waals surface area contributed by atoms with Crippen LogP contribution in [0.5, 0.6) is 0 Å². The second-order valence-electron chi connectivity index (χ2n) is 3.11. The lowest BCUT2D eigenvalue weighted by molar-refractivity contribution is -0.0162. The third-order valence-electron chi connectivity index (χ3n) is 1.90. The maximum Gasteiger partial charge on any atom is 0.340 e. The van der Waals surface area contributed by atoms with Crippen molar-refractivity contribution in [1.82, 2.24) is 0 Å². The highest BCUT2D eigenvalue weighted by Gasteiger charge is 2.14. The number of rotatable bonds is 4. The number of halogens is 1. The number of esters is 1. The third-order valence-corrected chi connectivity index (χ3v) is 1.90. The van der Waals surface area contributed by atoms with Crippen LogP contribution in [-0.4, -0.2) is 23.4 Å². The molecule has 0 aliphatic carbocycles. The highest BCUT2D eigenvalue weighted by molar-refractivity contribution is 5.94. The number of benzene rings is 1. The minimum Gasteiger partial charge on any atom is -0.478 e. The molecule has 1 unspecified atom stereocenters. The number of alkyl halides is 1. The summed E-state index contributed by atoms with van der Waals surface area (Å²) in [6.45, 7) is 1.53. The SMILES string of the molecule is CCC(F)OC(=O)c1cccc(C(=O)O)c1. The third kappa shape index (κ3) is 3.05. The molecule has 0 fully saturated rings. The fourth-order valence-corrected chi connectivity index (χ4v) is 1.05. The van der Waals surface area contributed by atoms with Gasteiger partial charge in [-0.2, -0.15) is 0 Å². The molecule has 16 heavy (non-hydrogen) atoms. The summed E-state index contributed by atoms with van der Waals surface area (Å²) in [5, 5.41) is 8.69. The van der Waals surface area contributed by atoms with Crippen molar-refractivity contribution in [2.75, 3.05) is 0 Å². The molecule has 1 atom stereocenters. The fraction of sp³-hybridized carbons (Fsp3) is 0.273. The zero-order valence-corrected chi connectivity index (χ0v) is 8.64. The van der Waals surface area contributed by atoms with E-state index in [2.05, 4.69) is 4.74 Å². The van der Waals surface area contributed by atoms with Gasteiger partial charge in [-0.1, -0.05) is 13.0 Å². The van der Waals surface area contributed by atoms with Crippen molar-refractivity contribution >= 4 is 11.9 Å². The van der Waals surface area contributed by atoms with Crippen LogP contribution in [-0.2, 0) is 4.74 Å². The van der Waals surface area contributed by atoms with E-state index < -0.39 is 18.3 Å². The van der Waals surface area contributed by atoms with Crippen LogP contribution >= 0.6 is 0 Å². The number of hydrogen-bond donors (Lipinski definition) is 1. The predicted molar refractivity (Wildman–Crippen MR) is 54.0 cm³/mol. The van der Waals surface area contributed by atoms with Crippen molar-refractivity contribution in [3.05, 3.63) is 35.4 Å². The molecule has 1 rings (SSSR count). The Balaban J connectivity index is 2.83. The summed E-state index contributed by atoms with van der Waals surface area (Å²) in [5.74, 6) is -2.01. The lowest BCUT2D eigenvalue weighted by Crippen LogP contribution is -2.13. The van der Waals surface area contributed by atoms with E-state index in [1.165, 1.54) is 25.1 Å². The van der Waals surface area contributed by atoms with Gasteiger partial charge in [-0.15, -0.1) is 0 Å². The van der Waals surface area contributed by atoms with Gasteiger partial charge in [-0.3, -0.25) is 0 Å². The Hall–Kier alpha value is -1.91. The Labute approximate surface area is 91.7 Å². The van der Waals surface area contributed by atoms with Crippen LogP contribution in [0.3, 0.4) is 0 Å². The summed E-state index contributed by atoms with van der Waals surface area (Å²) < 4.78 is 17.2. The molecule has 0 heterocycles. The van der Waals surface area contributed by atoms with Crippen LogP contribution in [0.15, 0.2) is 24.3 Å². The first kappa shape index (κ1) is 12.2. The first-order valence-corrected chi connectivity index (χ1v) is 4.73. The first-order chi connectivity index (χ1) is 7.54. The standard InChI is InChI=1S/C11H11FO4/c1-2-9(12)16-11(15)8-5-3-4-7(6-8)10(13)14/h3-6,9H,2H2,1H3,(H,13,14). The van der Waals surface area contributed by atoms with E-state index >= 15 is 0 Å². The summed E-state index contributed by atoms with van der Waals surface area (Å²) in [4.78, 5) is 22.0. The lowest BCUT2D eigenvalue weighted by atomic mass is 10.1. The first-order valence-electron chi connectivity index (χ1n) is 4.73. The minimum absolute atomic E-state index is 0.0241. The van der Waals surface area contributed by atoms with Crippen molar-refractivity contribution in [3.8, 4) is 0 Å². The molecular formula is C11H11FO4. The van der Waals surface area contributed by atoms with Crippen LogP contribution in [0.25, 0.3) is 0 Å². The van der Waals surface area contributed by atoms with Gasteiger partial charge in [0, 0.05) is 6.42 Å². The molecule has 0 radical (unpaired) electrons. The van der Waals surface area contributed by atoms with E-state index in [-0.39, 0.29) is 17.5 Å². The molecule has 1 aromatic rings. The molecule has 86 valence electrons. The number of aromatic carboxylic acids is 1. The number of carboxylic acid groups (broad SMARTS) is 1. The second-order valence-corrected chi connectivity index (χ2v) is 3.11. The molecule has 5 heteroatoms. The van der Waals surface area contributed by atoms with Crippen molar-refractivity contribution < 1.29 is 23.8 Å². The fourth-order valence-electron chi connectivity index (χ4n) is 1.05. The average molecular weight is 226 g/mol. The number of carbonyl (C=O) groups excluding carboxylic acids is 1. The summed E-state index contributed by atoms with van der Waals surface area (Å²) >= 11 is 0. The van der Waals surface area contributed by atoms with E-state index in [0.29, 0.717) is 0 Å². The van der Waals surface area contributed by atoms with Crippen LogP contribution in [0.2, 0.25) is 0 Å². The van der Waals surface area contributed by atoms with Gasteiger partial charge in [0.05, 0.1) is 11.1 Å². The Morgan fingerprint density at radius 2 is 2.06 bits per heavy atom. The van der Waals surface area contributed by atoms with Gasteiger partial charge in [0.15, 0.2) is 0 Å². The maximum atomic E-state index is 12.8. The van der Waals surface area contributed by atoms with Gasteiger partial charge in [-0.05, 0) is 18.2 Å². The van der Waals surface area contributed by atoms with Crippen molar-refractivity contribution in [1.29, 1.82) is 0 Å². The Morgan fingerprint density at radius 3 is 2.62 bits per heavy atom. The highest BCUT2D eigenvalue weighted by Crippen LogP contribution is 2.09. The van der Waals surface area contributed by atoms with Crippen LogP contribution in [0.1, 0.15) is 34.1 Å². The largest absolute Gasteiger partial charge is 0.478 e. The number of carbonyl (C=O) groups is 2. The molecule has 0 aliphatic rings. The smallest absolute Gasteiger partial charge is 0.340 e. The van der Waals surface area contributed by atoms with E-state index in [0.717, 1.165) is 6.07 Å². The molecule has 0 saturated carbocycles. The van der Waals surface area contributed by atoms with E-state index in [9.17, 15) is 14.0 Å². The molecule has 1 aromatic carbocycles. The summed E-state index contributed by atoms with van der Waals surface area (Å²) in [5.41, 5.74) is -0.0163. The molecule has 0 spiro atoms. The van der Waals surface area contributed by atoms with Gasteiger partial charge in [0.1, 0.15) is 0 Å². The van der Waals surface area contributed by atoms with E-state index in [1.807, 2.05) is 0 Å². The molecule has 0 amide bonds. The minimum atomic E-state index is -1.67. The summed E-state index contributed by atoms with van der Waals surface area (Å²) in [6.07, 6.45) is -1.61. The molecule has 4 nitrogen and oxygen atoms in total. The number of hydrogen-bond acceptors (Lipinski definition) is 3. The van der Waals surface area contributed by atoms with Gasteiger partial charge in [0.2, 0.25) is 6.36 Å². The highest BCUT2D eigenvalue weighted by atomic mass is 19.1. The van der Waals surface area contributed by atoms with Gasteiger partial charge < -0.3 is 9.84 Å². The number of ether oxygens (including phenoxy) is 1. The predicted octanol–water partition coefficient (Wildman–Crippen LogP) is 2.25. The summed E-state index contributed by atoms with van der Waals surface area (Å²) in [6, 6.07) is 5.26. The number of carboxylic acids is 1. The Kier molecular flexibility index (Phi) is 3.99. The van der Waals surface area contributed by atoms with Gasteiger partial charge in [0.25, 0.3) is 0 Å². The normalized spacial score (nSPS) is 11.9. The molecule has 0 bridgehead atoms.